The van der Waals surface area contributed by atoms with Gasteiger partial charge in [0.05, 0.1) is 0 Å². The fraction of sp³-hybridized carbons (Fsp3) is 1.00. The average molecular weight is 248 g/mol. The Kier molecular flexibility index (Phi) is 3.77. The second kappa shape index (κ2) is 4.43. The van der Waals surface area contributed by atoms with Crippen LogP contribution in [0.5, 0.6) is 0 Å². The van der Waals surface area contributed by atoms with Crippen molar-refractivity contribution in [2.24, 2.45) is 0 Å². The smallest absolute Gasteiger partial charge is 0.387 e. The highest BCUT2D eigenvalue weighted by Gasteiger charge is 2.52. The van der Waals surface area contributed by atoms with Gasteiger partial charge in [0, 0.05) is 0 Å². The van der Waals surface area contributed by atoms with Crippen LogP contribution in [0.25, 0.3) is 0 Å². The van der Waals surface area contributed by atoms with Crippen molar-refractivity contribution in [2.75, 3.05) is 0 Å². The molecule has 0 aromatic rings. The molecule has 0 bridgehead atoms. The van der Waals surface area contributed by atoms with Gasteiger partial charge in [0.2, 0.25) is 0 Å². The lowest BCUT2D eigenvalue weighted by atomic mass is 9.85. The summed E-state index contributed by atoms with van der Waals surface area (Å²) in [5, 5.41) is 45.5. The topological polar surface area (TPSA) is 110 Å². The molecule has 1 aliphatic carbocycles. The molecule has 96 valence electrons. The molecular weight excluding hydrogens is 237 g/mol. The molecule has 0 radical (unpaired) electrons. The Morgan fingerprint density at radius 3 is 1.31 bits per heavy atom. The first-order chi connectivity index (χ1) is 7.15. The van der Waals surface area contributed by atoms with E-state index in [-0.39, 0.29) is 0 Å². The van der Waals surface area contributed by atoms with Crippen LogP contribution in [0.2, 0.25) is 0 Å². The van der Waals surface area contributed by atoms with E-state index in [1.807, 2.05) is 0 Å². The van der Waals surface area contributed by atoms with Crippen molar-refractivity contribution in [3.63, 3.8) is 0 Å². The first-order valence-corrected chi connectivity index (χ1v) is 4.30. The predicted octanol–water partition coefficient (Wildman–Crippen LogP) is -2.29. The lowest BCUT2D eigenvalue weighted by Gasteiger charge is -2.41. The fourth-order valence-electron chi connectivity index (χ4n) is 1.49. The zero-order chi connectivity index (χ0) is 12.7. The molecule has 2 unspecified atom stereocenters. The zero-order valence-corrected chi connectivity index (χ0v) is 7.74. The number of halogens is 3. The highest BCUT2D eigenvalue weighted by atomic mass is 19.4. The Morgan fingerprint density at radius 2 is 1.00 bits per heavy atom. The zero-order valence-electron chi connectivity index (χ0n) is 7.74. The molecule has 0 aromatic heterocycles. The van der Waals surface area contributed by atoms with Gasteiger partial charge in [-0.1, -0.05) is 0 Å². The Balaban J connectivity index is 2.83. The van der Waals surface area contributed by atoms with E-state index in [0.29, 0.717) is 0 Å². The Labute approximate surface area is 87.5 Å². The summed E-state index contributed by atoms with van der Waals surface area (Å²) in [7, 11) is 0. The van der Waals surface area contributed by atoms with E-state index >= 15 is 0 Å². The van der Waals surface area contributed by atoms with Crippen molar-refractivity contribution in [3.05, 3.63) is 0 Å². The van der Waals surface area contributed by atoms with E-state index in [9.17, 15) is 13.2 Å². The van der Waals surface area contributed by atoms with Gasteiger partial charge in [0.15, 0.2) is 0 Å². The maximum Gasteiger partial charge on any atom is 0.522 e. The minimum Gasteiger partial charge on any atom is -0.387 e. The standard InChI is InChI=1S/C7H11F3O6/c8-7(9,10)16-6-4(14)2(12)1(11)3(13)5(6)15/h1-6,11-15H/t1?,2-,3+,4+,5-,6?. The van der Waals surface area contributed by atoms with Gasteiger partial charge in [-0.3, -0.25) is 4.74 Å². The molecular formula is C7H11F3O6. The van der Waals surface area contributed by atoms with Gasteiger partial charge in [-0.05, 0) is 0 Å². The van der Waals surface area contributed by atoms with Crippen LogP contribution in [0.4, 0.5) is 13.2 Å². The summed E-state index contributed by atoms with van der Waals surface area (Å²) in [4.78, 5) is 0. The highest BCUT2D eigenvalue weighted by molar-refractivity contribution is 4.99. The van der Waals surface area contributed by atoms with E-state index in [1.54, 1.807) is 0 Å². The Bertz CT molecular complexity index is 231. The van der Waals surface area contributed by atoms with Gasteiger partial charge in [-0.25, -0.2) is 0 Å². The first-order valence-electron chi connectivity index (χ1n) is 4.30. The van der Waals surface area contributed by atoms with E-state index in [2.05, 4.69) is 4.74 Å². The summed E-state index contributed by atoms with van der Waals surface area (Å²) in [5.74, 6) is 0. The predicted molar refractivity (Wildman–Crippen MR) is 41.0 cm³/mol. The van der Waals surface area contributed by atoms with Crippen LogP contribution in [0.1, 0.15) is 0 Å². The summed E-state index contributed by atoms with van der Waals surface area (Å²) >= 11 is 0. The third-order valence-electron chi connectivity index (χ3n) is 2.34. The average Bonchev–Trinajstić information content (AvgIpc) is 2.17. The van der Waals surface area contributed by atoms with E-state index in [4.69, 9.17) is 25.5 Å². The van der Waals surface area contributed by atoms with Crippen molar-refractivity contribution >= 4 is 0 Å². The van der Waals surface area contributed by atoms with Crippen molar-refractivity contribution in [1.29, 1.82) is 0 Å². The third-order valence-corrected chi connectivity index (χ3v) is 2.34. The molecule has 0 aliphatic heterocycles. The summed E-state index contributed by atoms with van der Waals surface area (Å²) in [5.41, 5.74) is 0. The van der Waals surface area contributed by atoms with Crippen LogP contribution in [0.15, 0.2) is 0 Å². The molecule has 5 N–H and O–H groups in total. The van der Waals surface area contributed by atoms with Crippen LogP contribution in [0.3, 0.4) is 0 Å². The fourth-order valence-corrected chi connectivity index (χ4v) is 1.49. The molecule has 0 amide bonds. The van der Waals surface area contributed by atoms with Crippen molar-refractivity contribution in [1.82, 2.24) is 0 Å². The van der Waals surface area contributed by atoms with Crippen molar-refractivity contribution in [3.8, 4) is 0 Å². The molecule has 1 saturated carbocycles. The lowest BCUT2D eigenvalue weighted by Crippen LogP contribution is -2.65. The van der Waals surface area contributed by atoms with Crippen molar-refractivity contribution < 1.29 is 43.4 Å². The number of alkyl halides is 3. The molecule has 0 aromatic carbocycles. The molecule has 6 atom stereocenters. The quantitative estimate of drug-likeness (QED) is 0.357. The SMILES string of the molecule is OC1[C@@H](O)[C@H](O)C(OC(F)(F)F)[C@H](O)[C@H]1O. The van der Waals surface area contributed by atoms with E-state index in [1.165, 1.54) is 0 Å². The maximum atomic E-state index is 11.9. The Hall–Kier alpha value is -0.450. The van der Waals surface area contributed by atoms with Crippen molar-refractivity contribution in [2.45, 2.75) is 43.0 Å². The van der Waals surface area contributed by atoms with Gasteiger partial charge >= 0.3 is 6.36 Å². The monoisotopic (exact) mass is 248 g/mol. The second-order valence-corrected chi connectivity index (χ2v) is 3.48. The number of rotatable bonds is 1. The molecule has 6 nitrogen and oxygen atoms in total. The van der Waals surface area contributed by atoms with Gasteiger partial charge in [-0.2, -0.15) is 0 Å². The molecule has 0 heterocycles. The van der Waals surface area contributed by atoms with E-state index in [0.717, 1.165) is 0 Å². The number of hydrogen-bond donors (Lipinski definition) is 5. The van der Waals surface area contributed by atoms with Crippen LogP contribution in [0, 0.1) is 0 Å². The first kappa shape index (κ1) is 13.6. The Morgan fingerprint density at radius 1 is 0.688 bits per heavy atom. The summed E-state index contributed by atoms with van der Waals surface area (Å²) in [6.07, 6.45) is -17.7. The second-order valence-electron chi connectivity index (χ2n) is 3.48. The van der Waals surface area contributed by atoms with Crippen LogP contribution >= 0.6 is 0 Å². The number of aliphatic hydroxyl groups excluding tert-OH is 5. The minimum atomic E-state index is -5.14. The van der Waals surface area contributed by atoms with Gasteiger partial charge in [0.1, 0.15) is 36.6 Å². The van der Waals surface area contributed by atoms with Crippen LogP contribution in [-0.2, 0) is 4.74 Å². The third kappa shape index (κ3) is 2.62. The molecule has 16 heavy (non-hydrogen) atoms. The summed E-state index contributed by atoms with van der Waals surface area (Å²) < 4.78 is 39.0. The number of aliphatic hydroxyl groups is 5. The highest BCUT2D eigenvalue weighted by Crippen LogP contribution is 2.29. The number of hydrogen-bond acceptors (Lipinski definition) is 6. The normalized spacial score (nSPS) is 45.8. The number of ether oxygens (including phenoxy) is 1. The maximum absolute atomic E-state index is 11.9. The lowest BCUT2D eigenvalue weighted by molar-refractivity contribution is -0.377. The van der Waals surface area contributed by atoms with Gasteiger partial charge in [0.25, 0.3) is 0 Å². The largest absolute Gasteiger partial charge is 0.522 e. The summed E-state index contributed by atoms with van der Waals surface area (Å²) in [6.45, 7) is 0. The molecule has 1 aliphatic rings. The molecule has 1 rings (SSSR count). The minimum absolute atomic E-state index is 1.95. The molecule has 1 fully saturated rings. The molecule has 9 heteroatoms. The van der Waals surface area contributed by atoms with Gasteiger partial charge < -0.3 is 25.5 Å². The van der Waals surface area contributed by atoms with Crippen LogP contribution < -0.4 is 0 Å². The molecule has 0 saturated heterocycles. The van der Waals surface area contributed by atoms with Crippen LogP contribution in [-0.4, -0.2) is 68.5 Å². The summed E-state index contributed by atoms with van der Waals surface area (Å²) in [6, 6.07) is 0. The van der Waals surface area contributed by atoms with E-state index < -0.39 is 43.0 Å². The van der Waals surface area contributed by atoms with Gasteiger partial charge in [-0.15, -0.1) is 13.2 Å². The molecule has 0 spiro atoms.